The highest BCUT2D eigenvalue weighted by atomic mass is 35.5. The molecule has 0 aromatic heterocycles. The highest BCUT2D eigenvalue weighted by molar-refractivity contribution is 6.31. The largest absolute Gasteiger partial charge is 0.380 e. The molecule has 0 saturated carbocycles. The van der Waals surface area contributed by atoms with Gasteiger partial charge in [0.2, 0.25) is 0 Å². The van der Waals surface area contributed by atoms with Crippen LogP contribution in [0.4, 0.5) is 0 Å². The summed E-state index contributed by atoms with van der Waals surface area (Å²) in [4.78, 5) is 14.4. The van der Waals surface area contributed by atoms with Gasteiger partial charge in [0.15, 0.2) is 0 Å². The first-order valence-corrected chi connectivity index (χ1v) is 11.9. The van der Waals surface area contributed by atoms with Crippen LogP contribution in [0.1, 0.15) is 67.7 Å². The van der Waals surface area contributed by atoms with Gasteiger partial charge in [-0.25, -0.2) is 0 Å². The Bertz CT molecular complexity index is 995. The number of hydrogen-bond donors (Lipinski definition) is 1. The maximum absolute atomic E-state index is 12.6. The van der Waals surface area contributed by atoms with E-state index in [4.69, 9.17) is 11.6 Å². The van der Waals surface area contributed by atoms with Crippen LogP contribution in [-0.2, 0) is 11.2 Å². The number of nitriles is 1. The van der Waals surface area contributed by atoms with Crippen molar-refractivity contribution in [3.8, 4) is 6.07 Å². The summed E-state index contributed by atoms with van der Waals surface area (Å²) >= 11 is 6.36. The fourth-order valence-corrected chi connectivity index (χ4v) is 4.78. The summed E-state index contributed by atoms with van der Waals surface area (Å²) in [7, 11) is 0. The van der Waals surface area contributed by atoms with E-state index in [0.717, 1.165) is 31.2 Å². The van der Waals surface area contributed by atoms with E-state index in [1.54, 1.807) is 6.92 Å². The summed E-state index contributed by atoms with van der Waals surface area (Å²) < 4.78 is 0. The molecule has 0 aliphatic carbocycles. The summed E-state index contributed by atoms with van der Waals surface area (Å²) in [6.45, 7) is 7.00. The van der Waals surface area contributed by atoms with Crippen LogP contribution in [0.15, 0.2) is 42.5 Å². The first kappa shape index (κ1) is 24.3. The molecule has 1 heterocycles. The van der Waals surface area contributed by atoms with Gasteiger partial charge in [0.05, 0.1) is 10.6 Å². The van der Waals surface area contributed by atoms with E-state index < -0.39 is 5.60 Å². The van der Waals surface area contributed by atoms with Crippen LogP contribution in [-0.4, -0.2) is 34.6 Å². The molecule has 3 rings (SSSR count). The number of halogens is 1. The van der Waals surface area contributed by atoms with Gasteiger partial charge in [-0.15, -0.1) is 0 Å². The third-order valence-electron chi connectivity index (χ3n) is 6.96. The van der Waals surface area contributed by atoms with Gasteiger partial charge >= 0.3 is 0 Å². The number of likely N-dealkylation sites (tertiary alicyclic amines) is 1. The van der Waals surface area contributed by atoms with Gasteiger partial charge in [-0.2, -0.15) is 5.26 Å². The fourth-order valence-electron chi connectivity index (χ4n) is 4.55. The van der Waals surface area contributed by atoms with E-state index in [2.05, 4.69) is 37.3 Å². The first-order chi connectivity index (χ1) is 15.2. The second kappa shape index (κ2) is 10.5. The van der Waals surface area contributed by atoms with Crippen molar-refractivity contribution in [1.29, 1.82) is 5.26 Å². The summed E-state index contributed by atoms with van der Waals surface area (Å²) in [5, 5.41) is 20.1. The first-order valence-electron chi connectivity index (χ1n) is 11.5. The summed E-state index contributed by atoms with van der Waals surface area (Å²) in [6.07, 6.45) is 4.29. The van der Waals surface area contributed by atoms with Crippen LogP contribution in [0.25, 0.3) is 0 Å². The molecule has 3 unspecified atom stereocenters. The Balaban J connectivity index is 1.72. The number of rotatable bonds is 8. The lowest BCUT2D eigenvalue weighted by molar-refractivity contribution is -0.148. The number of amides is 1. The van der Waals surface area contributed by atoms with Crippen molar-refractivity contribution in [3.63, 3.8) is 0 Å². The lowest BCUT2D eigenvalue weighted by Crippen LogP contribution is -2.45. The minimum atomic E-state index is -1.28. The predicted octanol–water partition coefficient (Wildman–Crippen LogP) is 5.64. The van der Waals surface area contributed by atoms with Gasteiger partial charge in [0, 0.05) is 13.1 Å². The van der Waals surface area contributed by atoms with Gasteiger partial charge in [-0.05, 0) is 86.6 Å². The lowest BCUT2D eigenvalue weighted by Gasteiger charge is -2.27. The van der Waals surface area contributed by atoms with Crippen LogP contribution in [0, 0.1) is 24.2 Å². The van der Waals surface area contributed by atoms with Crippen molar-refractivity contribution in [2.75, 3.05) is 13.1 Å². The van der Waals surface area contributed by atoms with Crippen LogP contribution < -0.4 is 0 Å². The topological polar surface area (TPSA) is 64.3 Å². The molecule has 1 amide bonds. The number of carbonyl (C=O) groups is 1. The number of nitrogens with zero attached hydrogens (tertiary/aromatic N) is 2. The number of aryl methyl sites for hydroxylation is 1. The molecule has 5 heteroatoms. The zero-order valence-corrected chi connectivity index (χ0v) is 20.0. The van der Waals surface area contributed by atoms with Gasteiger partial charge in [0.1, 0.15) is 11.7 Å². The molecule has 170 valence electrons. The van der Waals surface area contributed by atoms with E-state index in [1.807, 2.05) is 30.0 Å². The fraction of sp³-hybridized carbons (Fsp3) is 0.481. The van der Waals surface area contributed by atoms with Crippen molar-refractivity contribution < 1.29 is 9.90 Å². The third-order valence-corrected chi connectivity index (χ3v) is 7.27. The third kappa shape index (κ3) is 5.71. The maximum atomic E-state index is 12.6. The molecule has 0 radical (unpaired) electrons. The zero-order valence-electron chi connectivity index (χ0n) is 19.3. The Hall–Kier alpha value is -2.35. The average Bonchev–Trinajstić information content (AvgIpc) is 3.26. The summed E-state index contributed by atoms with van der Waals surface area (Å²) in [6, 6.07) is 16.4. The highest BCUT2D eigenvalue weighted by Crippen LogP contribution is 2.33. The molecule has 0 bridgehead atoms. The van der Waals surface area contributed by atoms with Crippen LogP contribution in [0.2, 0.25) is 5.02 Å². The van der Waals surface area contributed by atoms with Gasteiger partial charge in [-0.3, -0.25) is 4.79 Å². The molecule has 2 aromatic rings. The second-order valence-corrected chi connectivity index (χ2v) is 9.70. The predicted molar refractivity (Wildman–Crippen MR) is 129 cm³/mol. The Morgan fingerprint density at radius 2 is 2.09 bits per heavy atom. The Labute approximate surface area is 196 Å². The zero-order chi connectivity index (χ0) is 23.3. The Morgan fingerprint density at radius 1 is 1.34 bits per heavy atom. The summed E-state index contributed by atoms with van der Waals surface area (Å²) in [5.41, 5.74) is 2.97. The SMILES string of the molecule is CCC(C)(O)C(=O)N1CCC(CCC(Cc2ccccc2C)c2ccc(C#N)c(Cl)c2)C1. The normalized spacial score (nSPS) is 18.8. The standard InChI is InChI=1S/C27H33ClN2O2/c1-4-27(3,32)26(31)30-14-13-20(18-30)9-10-22(15-21-8-6-5-7-19(21)2)23-11-12-24(17-29)25(28)16-23/h5-8,11-12,16,20,22,32H,4,9-10,13-15,18H2,1-3H3. The van der Waals surface area contributed by atoms with Crippen molar-refractivity contribution in [2.24, 2.45) is 5.92 Å². The molecule has 3 atom stereocenters. The number of benzene rings is 2. The molecule has 32 heavy (non-hydrogen) atoms. The van der Waals surface area contributed by atoms with Crippen molar-refractivity contribution >= 4 is 17.5 Å². The van der Waals surface area contributed by atoms with Crippen LogP contribution in [0.3, 0.4) is 0 Å². The van der Waals surface area contributed by atoms with Gasteiger partial charge in [-0.1, -0.05) is 48.9 Å². The lowest BCUT2D eigenvalue weighted by atomic mass is 9.84. The van der Waals surface area contributed by atoms with Gasteiger partial charge < -0.3 is 10.0 Å². The monoisotopic (exact) mass is 452 g/mol. The molecular formula is C27H33ClN2O2. The van der Waals surface area contributed by atoms with E-state index in [-0.39, 0.29) is 11.8 Å². The van der Waals surface area contributed by atoms with Crippen LogP contribution >= 0.6 is 11.6 Å². The molecule has 1 saturated heterocycles. The second-order valence-electron chi connectivity index (χ2n) is 9.29. The van der Waals surface area contributed by atoms with Crippen LogP contribution in [0.5, 0.6) is 0 Å². The molecule has 1 aliphatic rings. The van der Waals surface area contributed by atoms with E-state index >= 15 is 0 Å². The quantitative estimate of drug-likeness (QED) is 0.564. The molecular weight excluding hydrogens is 420 g/mol. The number of carbonyl (C=O) groups excluding carboxylic acids is 1. The van der Waals surface area contributed by atoms with Crippen molar-refractivity contribution in [1.82, 2.24) is 4.90 Å². The average molecular weight is 453 g/mol. The number of aliphatic hydroxyl groups is 1. The van der Waals surface area contributed by atoms with Gasteiger partial charge in [0.25, 0.3) is 5.91 Å². The number of hydrogen-bond acceptors (Lipinski definition) is 3. The van der Waals surface area contributed by atoms with E-state index in [0.29, 0.717) is 36.0 Å². The molecule has 1 N–H and O–H groups in total. The molecule has 2 aromatic carbocycles. The maximum Gasteiger partial charge on any atom is 0.254 e. The van der Waals surface area contributed by atoms with Crippen molar-refractivity contribution in [2.45, 2.75) is 64.4 Å². The molecule has 1 aliphatic heterocycles. The minimum Gasteiger partial charge on any atom is -0.380 e. The smallest absolute Gasteiger partial charge is 0.254 e. The highest BCUT2D eigenvalue weighted by Gasteiger charge is 2.36. The molecule has 0 spiro atoms. The summed E-state index contributed by atoms with van der Waals surface area (Å²) in [5.74, 6) is 0.558. The molecule has 1 fully saturated rings. The Morgan fingerprint density at radius 3 is 2.75 bits per heavy atom. The van der Waals surface area contributed by atoms with Crippen molar-refractivity contribution in [3.05, 3.63) is 69.7 Å². The van der Waals surface area contributed by atoms with E-state index in [1.165, 1.54) is 11.1 Å². The van der Waals surface area contributed by atoms with E-state index in [9.17, 15) is 15.2 Å². The molecule has 4 nitrogen and oxygen atoms in total. The Kier molecular flexibility index (Phi) is 7.98. The minimum absolute atomic E-state index is 0.155.